The molecule has 1 aromatic rings. The number of nitrogens with one attached hydrogen (secondary N) is 2. The molecule has 2 rings (SSSR count). The van der Waals surface area contributed by atoms with Crippen LogP contribution in [0.4, 0.5) is 0 Å². The summed E-state index contributed by atoms with van der Waals surface area (Å²) in [4.78, 5) is 26.5. The number of carbonyl (C=O) groups excluding carboxylic acids is 1. The Hall–Kier alpha value is -2.13. The van der Waals surface area contributed by atoms with Gasteiger partial charge in [0.15, 0.2) is 0 Å². The molecule has 0 aromatic carbocycles. The van der Waals surface area contributed by atoms with E-state index in [4.69, 9.17) is 10.4 Å². The van der Waals surface area contributed by atoms with Crippen LogP contribution in [0.3, 0.4) is 0 Å². The van der Waals surface area contributed by atoms with Crippen LogP contribution in [0.15, 0.2) is 4.79 Å². The van der Waals surface area contributed by atoms with E-state index in [1.165, 1.54) is 0 Å². The molecule has 1 saturated carbocycles. The first-order valence-electron chi connectivity index (χ1n) is 8.00. The number of hydrogen-bond acceptors (Lipinski definition) is 4. The molecule has 1 aliphatic rings. The summed E-state index contributed by atoms with van der Waals surface area (Å²) in [7, 11) is 0. The van der Waals surface area contributed by atoms with E-state index in [0.29, 0.717) is 36.4 Å². The van der Waals surface area contributed by atoms with E-state index in [-0.39, 0.29) is 29.7 Å². The van der Waals surface area contributed by atoms with Gasteiger partial charge in [-0.2, -0.15) is 5.26 Å². The van der Waals surface area contributed by atoms with E-state index >= 15 is 0 Å². The molecule has 0 radical (unpaired) electrons. The number of aliphatic hydroxyl groups is 1. The van der Waals surface area contributed by atoms with Gasteiger partial charge in [-0.3, -0.25) is 9.59 Å². The SMILES string of the molecule is Cc1[nH]c(=O)c(C#N)c(C)c1CCC(=O)NC(CCO)C1CC1. The van der Waals surface area contributed by atoms with Crippen molar-refractivity contribution in [3.8, 4) is 6.07 Å². The Morgan fingerprint density at radius 2 is 2.17 bits per heavy atom. The van der Waals surface area contributed by atoms with Crippen LogP contribution < -0.4 is 10.9 Å². The molecule has 6 heteroatoms. The number of aryl methyl sites for hydroxylation is 1. The molecule has 0 aliphatic heterocycles. The van der Waals surface area contributed by atoms with Crippen LogP contribution >= 0.6 is 0 Å². The zero-order chi connectivity index (χ0) is 17.0. The first-order chi connectivity index (χ1) is 11.0. The van der Waals surface area contributed by atoms with Gasteiger partial charge in [-0.15, -0.1) is 0 Å². The van der Waals surface area contributed by atoms with Gasteiger partial charge in [-0.05, 0) is 56.6 Å². The number of rotatable bonds is 7. The van der Waals surface area contributed by atoms with Crippen molar-refractivity contribution >= 4 is 5.91 Å². The topological polar surface area (TPSA) is 106 Å². The molecule has 6 nitrogen and oxygen atoms in total. The minimum atomic E-state index is -0.382. The predicted molar refractivity (Wildman–Crippen MR) is 85.9 cm³/mol. The maximum absolute atomic E-state index is 12.1. The molecule has 0 spiro atoms. The molecule has 1 amide bonds. The summed E-state index contributed by atoms with van der Waals surface area (Å²) in [6.45, 7) is 3.60. The van der Waals surface area contributed by atoms with Gasteiger partial charge in [0.05, 0.1) is 0 Å². The van der Waals surface area contributed by atoms with Crippen LogP contribution in [0, 0.1) is 31.1 Å². The van der Waals surface area contributed by atoms with E-state index < -0.39 is 0 Å². The van der Waals surface area contributed by atoms with E-state index in [1.807, 2.05) is 6.07 Å². The van der Waals surface area contributed by atoms with Crippen molar-refractivity contribution in [3.05, 3.63) is 32.7 Å². The largest absolute Gasteiger partial charge is 0.396 e. The Labute approximate surface area is 135 Å². The standard InChI is InChI=1S/C17H23N3O3/c1-10-13(11(2)19-17(23)14(10)9-18)5-6-16(22)20-15(7-8-21)12-3-4-12/h12,15,21H,3-8H2,1-2H3,(H,19,23)(H,20,22). The number of aliphatic hydroxyl groups excluding tert-OH is 1. The molecule has 1 unspecified atom stereocenters. The highest BCUT2D eigenvalue weighted by Crippen LogP contribution is 2.33. The highest BCUT2D eigenvalue weighted by atomic mass is 16.3. The molecule has 1 atom stereocenters. The number of aromatic amines is 1. The maximum atomic E-state index is 12.1. The van der Waals surface area contributed by atoms with E-state index in [0.717, 1.165) is 18.4 Å². The van der Waals surface area contributed by atoms with E-state index in [1.54, 1.807) is 13.8 Å². The van der Waals surface area contributed by atoms with E-state index in [2.05, 4.69) is 10.3 Å². The number of nitrogens with zero attached hydrogens (tertiary/aromatic N) is 1. The predicted octanol–water partition coefficient (Wildman–Crippen LogP) is 1.07. The lowest BCUT2D eigenvalue weighted by molar-refractivity contribution is -0.122. The molecule has 1 heterocycles. The second kappa shape index (κ2) is 7.42. The van der Waals surface area contributed by atoms with Gasteiger partial charge in [-0.25, -0.2) is 0 Å². The number of aromatic nitrogens is 1. The van der Waals surface area contributed by atoms with Crippen LogP contribution in [0.25, 0.3) is 0 Å². The molecular formula is C17H23N3O3. The summed E-state index contributed by atoms with van der Waals surface area (Å²) in [6, 6.07) is 1.97. The number of hydrogen-bond donors (Lipinski definition) is 3. The van der Waals surface area contributed by atoms with Crippen LogP contribution in [0.2, 0.25) is 0 Å². The van der Waals surface area contributed by atoms with Gasteiger partial charge >= 0.3 is 0 Å². The van der Waals surface area contributed by atoms with Crippen LogP contribution in [-0.4, -0.2) is 28.6 Å². The molecule has 0 bridgehead atoms. The number of nitriles is 1. The highest BCUT2D eigenvalue weighted by molar-refractivity contribution is 5.76. The molecule has 0 saturated heterocycles. The molecule has 3 N–H and O–H groups in total. The molecule has 124 valence electrons. The lowest BCUT2D eigenvalue weighted by Crippen LogP contribution is -2.37. The van der Waals surface area contributed by atoms with Crippen LogP contribution in [0.1, 0.15) is 48.1 Å². The molecule has 23 heavy (non-hydrogen) atoms. The van der Waals surface area contributed by atoms with Gasteiger partial charge in [-0.1, -0.05) is 0 Å². The average Bonchev–Trinajstić information content (AvgIpc) is 3.31. The van der Waals surface area contributed by atoms with Crippen LogP contribution in [-0.2, 0) is 11.2 Å². The first-order valence-corrected chi connectivity index (χ1v) is 8.00. The third kappa shape index (κ3) is 4.20. The Kier molecular flexibility index (Phi) is 5.56. The van der Waals surface area contributed by atoms with Crippen molar-refractivity contribution < 1.29 is 9.90 Å². The zero-order valence-corrected chi connectivity index (χ0v) is 13.6. The van der Waals surface area contributed by atoms with Gasteiger partial charge in [0.25, 0.3) is 5.56 Å². The fraction of sp³-hybridized carbons (Fsp3) is 0.588. The van der Waals surface area contributed by atoms with Gasteiger partial charge in [0.1, 0.15) is 11.6 Å². The minimum absolute atomic E-state index is 0.0555. The zero-order valence-electron chi connectivity index (χ0n) is 13.6. The van der Waals surface area contributed by atoms with E-state index in [9.17, 15) is 9.59 Å². The van der Waals surface area contributed by atoms with Gasteiger partial charge in [0, 0.05) is 24.8 Å². The molecule has 1 fully saturated rings. The quantitative estimate of drug-likeness (QED) is 0.699. The first kappa shape index (κ1) is 17.2. The number of carbonyl (C=O) groups is 1. The Morgan fingerprint density at radius 3 is 2.74 bits per heavy atom. The normalized spacial score (nSPS) is 15.0. The van der Waals surface area contributed by atoms with Crippen molar-refractivity contribution in [1.29, 1.82) is 5.26 Å². The third-order valence-corrected chi connectivity index (χ3v) is 4.50. The van der Waals surface area contributed by atoms with Crippen molar-refractivity contribution in [2.75, 3.05) is 6.61 Å². The van der Waals surface area contributed by atoms with Crippen molar-refractivity contribution in [2.45, 2.75) is 52.0 Å². The average molecular weight is 317 g/mol. The lowest BCUT2D eigenvalue weighted by atomic mass is 9.99. The Balaban J connectivity index is 2.02. The van der Waals surface area contributed by atoms with Crippen molar-refractivity contribution in [3.63, 3.8) is 0 Å². The third-order valence-electron chi connectivity index (χ3n) is 4.50. The summed E-state index contributed by atoms with van der Waals surface area (Å²) in [6.07, 6.45) is 3.58. The number of amides is 1. The summed E-state index contributed by atoms with van der Waals surface area (Å²) in [5, 5.41) is 21.1. The summed E-state index contributed by atoms with van der Waals surface area (Å²) in [5.41, 5.74) is 1.93. The van der Waals surface area contributed by atoms with Gasteiger partial charge in [0.2, 0.25) is 5.91 Å². The molecule has 1 aliphatic carbocycles. The fourth-order valence-corrected chi connectivity index (χ4v) is 3.00. The van der Waals surface area contributed by atoms with Crippen LogP contribution in [0.5, 0.6) is 0 Å². The maximum Gasteiger partial charge on any atom is 0.266 e. The molecule has 1 aromatic heterocycles. The highest BCUT2D eigenvalue weighted by Gasteiger charge is 2.31. The Bertz CT molecular complexity index is 684. The summed E-state index contributed by atoms with van der Waals surface area (Å²) < 4.78 is 0. The lowest BCUT2D eigenvalue weighted by Gasteiger charge is -2.17. The number of pyridine rings is 1. The minimum Gasteiger partial charge on any atom is -0.396 e. The monoisotopic (exact) mass is 317 g/mol. The second-order valence-corrected chi connectivity index (χ2v) is 6.19. The van der Waals surface area contributed by atoms with Crippen molar-refractivity contribution in [1.82, 2.24) is 10.3 Å². The van der Waals surface area contributed by atoms with Gasteiger partial charge < -0.3 is 15.4 Å². The second-order valence-electron chi connectivity index (χ2n) is 6.19. The fourth-order valence-electron chi connectivity index (χ4n) is 3.00. The molecular weight excluding hydrogens is 294 g/mol. The number of H-pyrrole nitrogens is 1. The smallest absolute Gasteiger partial charge is 0.266 e. The van der Waals surface area contributed by atoms with Crippen molar-refractivity contribution in [2.24, 2.45) is 5.92 Å². The Morgan fingerprint density at radius 1 is 1.48 bits per heavy atom. The summed E-state index contributed by atoms with van der Waals surface area (Å²) in [5.74, 6) is 0.437. The summed E-state index contributed by atoms with van der Waals surface area (Å²) >= 11 is 0.